The molecule has 3 saturated heterocycles. The quantitative estimate of drug-likeness (QED) is 0.535. The Bertz CT molecular complexity index is 847. The van der Waals surface area contributed by atoms with Crippen LogP contribution in [0.2, 0.25) is 0 Å². The minimum atomic E-state index is -5.08. The minimum absolute atomic E-state index is 0.554. The average molecular weight is 557 g/mol. The number of hydrogen-bond acceptors (Lipinski definition) is 6. The maximum absolute atomic E-state index is 10.6. The van der Waals surface area contributed by atoms with Crippen molar-refractivity contribution in [2.24, 2.45) is 5.41 Å². The number of carbonyl (C=O) groups is 2. The number of carboxylic acids is 2. The van der Waals surface area contributed by atoms with E-state index in [0.717, 1.165) is 0 Å². The molecule has 1 aromatic rings. The predicted molar refractivity (Wildman–Crippen MR) is 127 cm³/mol. The highest BCUT2D eigenvalue weighted by molar-refractivity contribution is 5.73. The monoisotopic (exact) mass is 556 g/mol. The molecule has 0 amide bonds. The van der Waals surface area contributed by atoms with Gasteiger partial charge in [-0.2, -0.15) is 26.3 Å². The number of nitrogens with zero attached hydrogens (tertiary/aromatic N) is 4. The molecule has 0 aromatic carbocycles. The van der Waals surface area contributed by atoms with Gasteiger partial charge in [0, 0.05) is 32.4 Å². The molecule has 0 saturated carbocycles. The highest BCUT2D eigenvalue weighted by atomic mass is 19.4. The third-order valence-corrected chi connectivity index (χ3v) is 7.01. The van der Waals surface area contributed by atoms with E-state index in [0.29, 0.717) is 5.41 Å². The number of pyridine rings is 1. The molecule has 14 heteroatoms. The van der Waals surface area contributed by atoms with Crippen LogP contribution < -0.4 is 4.90 Å². The van der Waals surface area contributed by atoms with Crippen LogP contribution in [0, 0.1) is 5.41 Å². The summed E-state index contributed by atoms with van der Waals surface area (Å²) in [5, 5.41) is 14.2. The molecular weight excluding hydrogens is 522 g/mol. The third kappa shape index (κ3) is 10.6. The first-order valence-electron chi connectivity index (χ1n) is 12.4. The second kappa shape index (κ2) is 14.0. The molecular formula is C24H34F6N4O4. The molecule has 4 heterocycles. The number of carboxylic acid groups (broad SMARTS) is 2. The van der Waals surface area contributed by atoms with Crippen LogP contribution in [-0.4, -0.2) is 102 Å². The molecule has 0 atom stereocenters. The van der Waals surface area contributed by atoms with E-state index in [1.54, 1.807) is 0 Å². The van der Waals surface area contributed by atoms with E-state index in [2.05, 4.69) is 31.8 Å². The number of alkyl halides is 6. The van der Waals surface area contributed by atoms with Crippen molar-refractivity contribution < 1.29 is 46.1 Å². The zero-order valence-electron chi connectivity index (χ0n) is 21.0. The largest absolute Gasteiger partial charge is 0.490 e. The molecule has 1 spiro atoms. The fourth-order valence-corrected chi connectivity index (χ4v) is 4.92. The highest BCUT2D eigenvalue weighted by Crippen LogP contribution is 2.41. The number of aromatic nitrogens is 1. The lowest BCUT2D eigenvalue weighted by atomic mass is 9.72. The van der Waals surface area contributed by atoms with E-state index in [9.17, 15) is 26.3 Å². The highest BCUT2D eigenvalue weighted by Gasteiger charge is 2.39. The number of halogens is 6. The van der Waals surface area contributed by atoms with Gasteiger partial charge in [-0.1, -0.05) is 0 Å². The smallest absolute Gasteiger partial charge is 0.475 e. The fraction of sp³-hybridized carbons (Fsp3) is 0.708. The first-order valence-corrected chi connectivity index (χ1v) is 12.4. The van der Waals surface area contributed by atoms with Gasteiger partial charge in [0.25, 0.3) is 0 Å². The Kier molecular flexibility index (Phi) is 11.6. The Labute approximate surface area is 217 Å². The van der Waals surface area contributed by atoms with Gasteiger partial charge in [0.15, 0.2) is 0 Å². The average Bonchev–Trinajstić information content (AvgIpc) is 3.38. The zero-order valence-corrected chi connectivity index (χ0v) is 21.0. The summed E-state index contributed by atoms with van der Waals surface area (Å²) in [5.74, 6) is -5.51. The molecule has 4 rings (SSSR count). The number of rotatable bonds is 4. The van der Waals surface area contributed by atoms with Crippen LogP contribution in [0.3, 0.4) is 0 Å². The van der Waals surface area contributed by atoms with Crippen molar-refractivity contribution in [3.63, 3.8) is 0 Å². The van der Waals surface area contributed by atoms with Crippen LogP contribution >= 0.6 is 0 Å². The Morgan fingerprint density at radius 2 is 1.32 bits per heavy atom. The Morgan fingerprint density at radius 3 is 1.76 bits per heavy atom. The van der Waals surface area contributed by atoms with Crippen molar-refractivity contribution in [2.45, 2.75) is 50.9 Å². The molecule has 1 aromatic heterocycles. The second-order valence-corrected chi connectivity index (χ2v) is 9.73. The van der Waals surface area contributed by atoms with Crippen molar-refractivity contribution >= 4 is 17.6 Å². The maximum Gasteiger partial charge on any atom is 0.490 e. The molecule has 0 aliphatic carbocycles. The van der Waals surface area contributed by atoms with Gasteiger partial charge in [-0.25, -0.2) is 9.59 Å². The number of likely N-dealkylation sites (tertiary alicyclic amines) is 2. The topological polar surface area (TPSA) is 97.2 Å². The molecule has 3 aliphatic heterocycles. The fourth-order valence-electron chi connectivity index (χ4n) is 4.92. The summed E-state index contributed by atoms with van der Waals surface area (Å²) in [4.78, 5) is 30.0. The maximum atomic E-state index is 10.6. The molecule has 2 N–H and O–H groups in total. The minimum Gasteiger partial charge on any atom is -0.475 e. The Morgan fingerprint density at radius 1 is 0.816 bits per heavy atom. The van der Waals surface area contributed by atoms with Crippen molar-refractivity contribution in [3.8, 4) is 0 Å². The molecule has 3 aliphatic rings. The van der Waals surface area contributed by atoms with E-state index in [1.165, 1.54) is 96.6 Å². The van der Waals surface area contributed by atoms with Crippen LogP contribution in [0.1, 0.15) is 38.5 Å². The molecule has 216 valence electrons. The van der Waals surface area contributed by atoms with Crippen molar-refractivity contribution in [1.82, 2.24) is 14.8 Å². The first kappa shape index (κ1) is 31.6. The SMILES string of the molecule is O=C(O)C(F)(F)F.O=C(O)C(F)(F)F.c1cncc(N2CCCC3(CCN(CCN4CCCC4)CC3)C2)c1. The molecule has 0 bridgehead atoms. The van der Waals surface area contributed by atoms with Crippen LogP contribution in [0.15, 0.2) is 24.5 Å². The summed E-state index contributed by atoms with van der Waals surface area (Å²) in [6.45, 7) is 10.3. The van der Waals surface area contributed by atoms with Gasteiger partial charge in [-0.05, 0) is 82.3 Å². The second-order valence-electron chi connectivity index (χ2n) is 9.73. The summed E-state index contributed by atoms with van der Waals surface area (Å²) >= 11 is 0. The van der Waals surface area contributed by atoms with Crippen LogP contribution in [0.5, 0.6) is 0 Å². The lowest BCUT2D eigenvalue weighted by molar-refractivity contribution is -0.193. The summed E-state index contributed by atoms with van der Waals surface area (Å²) in [5.41, 5.74) is 1.87. The van der Waals surface area contributed by atoms with E-state index in [-0.39, 0.29) is 0 Å². The van der Waals surface area contributed by atoms with Crippen molar-refractivity contribution in [1.29, 1.82) is 0 Å². The van der Waals surface area contributed by atoms with Gasteiger partial charge in [0.05, 0.1) is 11.9 Å². The Hall–Kier alpha value is -2.61. The van der Waals surface area contributed by atoms with Gasteiger partial charge in [-0.3, -0.25) is 4.98 Å². The Balaban J connectivity index is 0.000000301. The zero-order chi connectivity index (χ0) is 28.4. The normalized spacial score (nSPS) is 20.2. The third-order valence-electron chi connectivity index (χ3n) is 7.01. The summed E-state index contributed by atoms with van der Waals surface area (Å²) < 4.78 is 63.5. The van der Waals surface area contributed by atoms with Crippen LogP contribution in [0.25, 0.3) is 0 Å². The van der Waals surface area contributed by atoms with Gasteiger partial charge in [0.2, 0.25) is 0 Å². The molecule has 0 radical (unpaired) electrons. The van der Waals surface area contributed by atoms with E-state index >= 15 is 0 Å². The van der Waals surface area contributed by atoms with E-state index < -0.39 is 24.3 Å². The molecule has 3 fully saturated rings. The van der Waals surface area contributed by atoms with Gasteiger partial charge >= 0.3 is 24.3 Å². The van der Waals surface area contributed by atoms with Crippen LogP contribution in [-0.2, 0) is 9.59 Å². The lowest BCUT2D eigenvalue weighted by Gasteiger charge is -2.48. The first-order chi connectivity index (χ1) is 17.7. The lowest BCUT2D eigenvalue weighted by Crippen LogP contribution is -2.50. The van der Waals surface area contributed by atoms with Crippen LogP contribution in [0.4, 0.5) is 32.0 Å². The van der Waals surface area contributed by atoms with Gasteiger partial charge in [0.1, 0.15) is 0 Å². The number of hydrogen-bond donors (Lipinski definition) is 2. The molecule has 38 heavy (non-hydrogen) atoms. The van der Waals surface area contributed by atoms with E-state index in [4.69, 9.17) is 19.8 Å². The van der Waals surface area contributed by atoms with Crippen molar-refractivity contribution in [2.75, 3.05) is 57.3 Å². The predicted octanol–water partition coefficient (Wildman–Crippen LogP) is 4.13. The molecule has 0 unspecified atom stereocenters. The van der Waals surface area contributed by atoms with E-state index in [1.807, 2.05) is 12.4 Å². The molecule has 8 nitrogen and oxygen atoms in total. The van der Waals surface area contributed by atoms with Gasteiger partial charge in [-0.15, -0.1) is 0 Å². The summed E-state index contributed by atoms with van der Waals surface area (Å²) in [6.07, 6.45) is 2.08. The summed E-state index contributed by atoms with van der Waals surface area (Å²) in [7, 11) is 0. The van der Waals surface area contributed by atoms with Crippen molar-refractivity contribution in [3.05, 3.63) is 24.5 Å². The number of piperidine rings is 2. The number of aliphatic carboxylic acids is 2. The standard InChI is InChI=1S/C20H32N4.2C2HF3O2/c1-2-11-22(10-1)15-16-23-13-7-20(8-14-23)6-4-12-24(18-20)19-5-3-9-21-17-19;2*3-2(4,5)1(6)7/h3,5,9,17H,1-2,4,6-8,10-16,18H2;2*(H,6,7). The summed E-state index contributed by atoms with van der Waals surface area (Å²) in [6, 6.07) is 4.29. The number of anilines is 1. The van der Waals surface area contributed by atoms with Gasteiger partial charge < -0.3 is 24.9 Å².